The normalized spacial score (nSPS) is 9.76. The zero-order chi connectivity index (χ0) is 18.2. The highest BCUT2D eigenvalue weighted by atomic mass is 79.9. The summed E-state index contributed by atoms with van der Waals surface area (Å²) >= 11 is 3.06. The maximum Gasteiger partial charge on any atom is 0.325 e. The van der Waals surface area contributed by atoms with Gasteiger partial charge in [-0.2, -0.15) is 5.26 Å². The van der Waals surface area contributed by atoms with Gasteiger partial charge in [-0.25, -0.2) is 0 Å². The summed E-state index contributed by atoms with van der Waals surface area (Å²) in [6.07, 6.45) is 0. The molecule has 1 aromatic carbocycles. The van der Waals surface area contributed by atoms with E-state index in [9.17, 15) is 14.4 Å². The molecule has 0 saturated heterocycles. The SMILES string of the molecule is N#Cc1ccccc1NC(=O)COC(=O)CNC(=O)c1ccc(Br)o1. The summed E-state index contributed by atoms with van der Waals surface area (Å²) in [6.45, 7) is -0.958. The number of benzene rings is 1. The van der Waals surface area contributed by atoms with Crippen molar-refractivity contribution in [2.75, 3.05) is 18.5 Å². The molecule has 25 heavy (non-hydrogen) atoms. The molecule has 0 aliphatic carbocycles. The summed E-state index contributed by atoms with van der Waals surface area (Å²) in [5.74, 6) is -1.94. The van der Waals surface area contributed by atoms with Gasteiger partial charge in [-0.05, 0) is 40.2 Å². The Kier molecular flexibility index (Phi) is 6.31. The van der Waals surface area contributed by atoms with Crippen LogP contribution in [0.2, 0.25) is 0 Å². The minimum atomic E-state index is -0.789. The highest BCUT2D eigenvalue weighted by Crippen LogP contribution is 2.14. The number of anilines is 1. The van der Waals surface area contributed by atoms with Crippen LogP contribution in [0, 0.1) is 11.3 Å². The van der Waals surface area contributed by atoms with E-state index < -0.39 is 30.9 Å². The number of para-hydroxylation sites is 1. The van der Waals surface area contributed by atoms with Crippen LogP contribution in [0.15, 0.2) is 45.5 Å². The first-order chi connectivity index (χ1) is 12.0. The molecular weight excluding hydrogens is 394 g/mol. The molecule has 0 aliphatic heterocycles. The van der Waals surface area contributed by atoms with Gasteiger partial charge in [-0.3, -0.25) is 14.4 Å². The maximum absolute atomic E-state index is 11.7. The number of carbonyl (C=O) groups is 3. The second-order valence-electron chi connectivity index (χ2n) is 4.65. The van der Waals surface area contributed by atoms with Crippen molar-refractivity contribution in [3.05, 3.63) is 52.4 Å². The minimum Gasteiger partial charge on any atom is -0.454 e. The van der Waals surface area contributed by atoms with Gasteiger partial charge < -0.3 is 19.8 Å². The Labute approximate surface area is 150 Å². The zero-order valence-corrected chi connectivity index (χ0v) is 14.3. The van der Waals surface area contributed by atoms with Crippen LogP contribution in [0.25, 0.3) is 0 Å². The lowest BCUT2D eigenvalue weighted by atomic mass is 10.2. The Morgan fingerprint density at radius 3 is 2.64 bits per heavy atom. The fourth-order valence-electron chi connectivity index (χ4n) is 1.75. The number of nitriles is 1. The fraction of sp³-hybridized carbons (Fsp3) is 0.125. The van der Waals surface area contributed by atoms with Crippen LogP contribution >= 0.6 is 15.9 Å². The van der Waals surface area contributed by atoms with Crippen LogP contribution in [-0.4, -0.2) is 30.9 Å². The molecule has 0 unspecified atom stereocenters. The van der Waals surface area contributed by atoms with Crippen molar-refractivity contribution in [1.82, 2.24) is 5.32 Å². The molecule has 2 amide bonds. The number of halogens is 1. The van der Waals surface area contributed by atoms with E-state index in [0.29, 0.717) is 15.9 Å². The smallest absolute Gasteiger partial charge is 0.325 e. The average molecular weight is 406 g/mol. The minimum absolute atomic E-state index is 0.0329. The van der Waals surface area contributed by atoms with Crippen LogP contribution in [0.4, 0.5) is 5.69 Å². The third kappa shape index (κ3) is 5.47. The number of amides is 2. The summed E-state index contributed by atoms with van der Waals surface area (Å²) in [7, 11) is 0. The van der Waals surface area contributed by atoms with Crippen molar-refractivity contribution < 1.29 is 23.5 Å². The molecule has 9 heteroatoms. The van der Waals surface area contributed by atoms with Crippen LogP contribution in [-0.2, 0) is 14.3 Å². The van der Waals surface area contributed by atoms with Crippen molar-refractivity contribution in [3.8, 4) is 6.07 Å². The van der Waals surface area contributed by atoms with E-state index in [-0.39, 0.29) is 5.76 Å². The van der Waals surface area contributed by atoms with E-state index in [2.05, 4.69) is 26.6 Å². The number of ether oxygens (including phenoxy) is 1. The Bertz CT molecular complexity index is 840. The third-order valence-corrected chi connectivity index (χ3v) is 3.30. The monoisotopic (exact) mass is 405 g/mol. The van der Waals surface area contributed by atoms with E-state index in [0.717, 1.165) is 0 Å². The van der Waals surface area contributed by atoms with E-state index in [1.165, 1.54) is 12.1 Å². The Hall–Kier alpha value is -3.12. The number of furan rings is 1. The van der Waals surface area contributed by atoms with Crippen molar-refractivity contribution in [3.63, 3.8) is 0 Å². The van der Waals surface area contributed by atoms with E-state index >= 15 is 0 Å². The second-order valence-corrected chi connectivity index (χ2v) is 5.43. The maximum atomic E-state index is 11.7. The predicted molar refractivity (Wildman–Crippen MR) is 89.5 cm³/mol. The standard InChI is InChI=1S/C16H12BrN3O5/c17-13-6-5-12(25-13)16(23)19-8-15(22)24-9-14(21)20-11-4-2-1-3-10(11)7-18/h1-6H,8-9H2,(H,19,23)(H,20,21). The highest BCUT2D eigenvalue weighted by molar-refractivity contribution is 9.10. The lowest BCUT2D eigenvalue weighted by molar-refractivity contribution is -0.146. The summed E-state index contributed by atoms with van der Waals surface area (Å²) in [5.41, 5.74) is 0.613. The number of nitrogens with zero attached hydrogens (tertiary/aromatic N) is 1. The molecule has 0 bridgehead atoms. The van der Waals surface area contributed by atoms with Crippen LogP contribution in [0.3, 0.4) is 0 Å². The van der Waals surface area contributed by atoms with Gasteiger partial charge in [0.1, 0.15) is 12.6 Å². The molecule has 2 N–H and O–H groups in total. The molecule has 0 spiro atoms. The second kappa shape index (κ2) is 8.65. The predicted octanol–water partition coefficient (Wildman–Crippen LogP) is 1.83. The number of hydrogen-bond donors (Lipinski definition) is 2. The molecule has 0 radical (unpaired) electrons. The molecule has 0 aliphatic rings. The largest absolute Gasteiger partial charge is 0.454 e. The van der Waals surface area contributed by atoms with Crippen molar-refractivity contribution in [1.29, 1.82) is 5.26 Å². The topological polar surface area (TPSA) is 121 Å². The van der Waals surface area contributed by atoms with Crippen molar-refractivity contribution in [2.24, 2.45) is 0 Å². The van der Waals surface area contributed by atoms with Gasteiger partial charge in [0.2, 0.25) is 0 Å². The molecule has 1 aromatic heterocycles. The van der Waals surface area contributed by atoms with Gasteiger partial charge >= 0.3 is 5.97 Å². The van der Waals surface area contributed by atoms with Crippen LogP contribution in [0.1, 0.15) is 16.1 Å². The number of carbonyl (C=O) groups excluding carboxylic acids is 3. The first-order valence-electron chi connectivity index (χ1n) is 6.97. The lowest BCUT2D eigenvalue weighted by Gasteiger charge is -2.08. The first kappa shape index (κ1) is 18.2. The van der Waals surface area contributed by atoms with E-state index in [4.69, 9.17) is 14.4 Å². The zero-order valence-electron chi connectivity index (χ0n) is 12.7. The summed E-state index contributed by atoms with van der Waals surface area (Å²) < 4.78 is 10.2. The lowest BCUT2D eigenvalue weighted by Crippen LogP contribution is -2.32. The summed E-state index contributed by atoms with van der Waals surface area (Å²) in [5, 5.41) is 13.7. The molecule has 0 atom stereocenters. The summed E-state index contributed by atoms with van der Waals surface area (Å²) in [6, 6.07) is 11.3. The van der Waals surface area contributed by atoms with Crippen LogP contribution in [0.5, 0.6) is 0 Å². The fourth-order valence-corrected chi connectivity index (χ4v) is 2.06. The van der Waals surface area contributed by atoms with Crippen LogP contribution < -0.4 is 10.6 Å². The number of esters is 1. The molecule has 128 valence electrons. The molecule has 2 rings (SSSR count). The molecule has 1 heterocycles. The van der Waals surface area contributed by atoms with Gasteiger partial charge in [-0.15, -0.1) is 0 Å². The Morgan fingerprint density at radius 2 is 1.96 bits per heavy atom. The number of rotatable bonds is 6. The molecule has 0 saturated carbocycles. The number of nitrogens with one attached hydrogen (secondary N) is 2. The highest BCUT2D eigenvalue weighted by Gasteiger charge is 2.14. The number of hydrogen-bond acceptors (Lipinski definition) is 6. The molecule has 0 fully saturated rings. The van der Waals surface area contributed by atoms with Crippen molar-refractivity contribution in [2.45, 2.75) is 0 Å². The quantitative estimate of drug-likeness (QED) is 0.706. The van der Waals surface area contributed by atoms with E-state index in [1.54, 1.807) is 24.3 Å². The van der Waals surface area contributed by atoms with Crippen molar-refractivity contribution >= 4 is 39.4 Å². The Balaban J connectivity index is 1.75. The van der Waals surface area contributed by atoms with Gasteiger partial charge in [0.25, 0.3) is 11.8 Å². The molecule has 8 nitrogen and oxygen atoms in total. The Morgan fingerprint density at radius 1 is 1.20 bits per heavy atom. The molecule has 2 aromatic rings. The van der Waals surface area contributed by atoms with Gasteiger partial charge in [0.15, 0.2) is 17.0 Å². The van der Waals surface area contributed by atoms with Gasteiger partial charge in [0, 0.05) is 0 Å². The third-order valence-electron chi connectivity index (χ3n) is 2.88. The first-order valence-corrected chi connectivity index (χ1v) is 7.77. The molecular formula is C16H12BrN3O5. The average Bonchev–Trinajstić information content (AvgIpc) is 3.05. The van der Waals surface area contributed by atoms with Gasteiger partial charge in [0.05, 0.1) is 11.3 Å². The van der Waals surface area contributed by atoms with Gasteiger partial charge in [-0.1, -0.05) is 12.1 Å². The summed E-state index contributed by atoms with van der Waals surface area (Å²) in [4.78, 5) is 35.0. The van der Waals surface area contributed by atoms with E-state index in [1.807, 2.05) is 6.07 Å².